The molecule has 1 aliphatic carbocycles. The van der Waals surface area contributed by atoms with Crippen molar-refractivity contribution in [2.45, 2.75) is 33.1 Å². The van der Waals surface area contributed by atoms with Crippen LogP contribution in [0.4, 0.5) is 0 Å². The van der Waals surface area contributed by atoms with Crippen molar-refractivity contribution in [1.29, 1.82) is 0 Å². The maximum absolute atomic E-state index is 5.56. The van der Waals surface area contributed by atoms with Crippen molar-refractivity contribution in [2.24, 2.45) is 17.6 Å². The number of hydrogen-bond donors (Lipinski definition) is 1. The van der Waals surface area contributed by atoms with Gasteiger partial charge >= 0.3 is 0 Å². The second-order valence-corrected chi connectivity index (χ2v) is 3.69. The van der Waals surface area contributed by atoms with Gasteiger partial charge in [0.15, 0.2) is 0 Å². The Morgan fingerprint density at radius 3 is 2.91 bits per heavy atom. The minimum Gasteiger partial charge on any atom is -0.330 e. The molecule has 2 N–H and O–H groups in total. The van der Waals surface area contributed by atoms with Gasteiger partial charge in [0, 0.05) is 0 Å². The first-order valence-electron chi connectivity index (χ1n) is 4.62. The summed E-state index contributed by atoms with van der Waals surface area (Å²) in [4.78, 5) is 0. The van der Waals surface area contributed by atoms with Crippen molar-refractivity contribution in [2.75, 3.05) is 6.54 Å². The Hall–Kier alpha value is -0.300. The van der Waals surface area contributed by atoms with Crippen molar-refractivity contribution < 1.29 is 0 Å². The van der Waals surface area contributed by atoms with E-state index in [1.807, 2.05) is 0 Å². The lowest BCUT2D eigenvalue weighted by atomic mass is 9.78. The molecule has 0 spiro atoms. The van der Waals surface area contributed by atoms with Crippen LogP contribution in [0, 0.1) is 11.8 Å². The van der Waals surface area contributed by atoms with E-state index in [9.17, 15) is 0 Å². The van der Waals surface area contributed by atoms with Crippen LogP contribution in [0.15, 0.2) is 11.6 Å². The molecule has 0 aromatic rings. The molecular formula is C10H19N. The summed E-state index contributed by atoms with van der Waals surface area (Å²) < 4.78 is 0. The fraction of sp³-hybridized carbons (Fsp3) is 0.800. The van der Waals surface area contributed by atoms with Gasteiger partial charge in [-0.05, 0) is 44.6 Å². The second-order valence-electron chi connectivity index (χ2n) is 3.69. The van der Waals surface area contributed by atoms with Crippen molar-refractivity contribution in [3.8, 4) is 0 Å². The van der Waals surface area contributed by atoms with E-state index in [4.69, 9.17) is 5.73 Å². The Labute approximate surface area is 69.7 Å². The molecule has 0 saturated heterocycles. The molecule has 1 nitrogen and oxygen atoms in total. The van der Waals surface area contributed by atoms with E-state index in [0.29, 0.717) is 0 Å². The summed E-state index contributed by atoms with van der Waals surface area (Å²) in [6.07, 6.45) is 6.17. The van der Waals surface area contributed by atoms with Crippen LogP contribution in [0.1, 0.15) is 33.1 Å². The molecule has 0 aliphatic heterocycles. The van der Waals surface area contributed by atoms with Crippen LogP contribution in [0.3, 0.4) is 0 Å². The molecule has 2 atom stereocenters. The van der Waals surface area contributed by atoms with E-state index < -0.39 is 0 Å². The number of rotatable bonds is 2. The van der Waals surface area contributed by atoms with Gasteiger partial charge in [-0.25, -0.2) is 0 Å². The van der Waals surface area contributed by atoms with Crippen LogP contribution in [0.25, 0.3) is 0 Å². The molecule has 11 heavy (non-hydrogen) atoms. The highest BCUT2D eigenvalue weighted by Crippen LogP contribution is 2.31. The molecule has 0 radical (unpaired) electrons. The van der Waals surface area contributed by atoms with Crippen LogP contribution in [0.2, 0.25) is 0 Å². The SMILES string of the molecule is CC1=CCCC(C)C1CCN. The van der Waals surface area contributed by atoms with Crippen molar-refractivity contribution in [1.82, 2.24) is 0 Å². The normalized spacial score (nSPS) is 31.7. The van der Waals surface area contributed by atoms with Crippen LogP contribution in [-0.4, -0.2) is 6.54 Å². The van der Waals surface area contributed by atoms with Crippen LogP contribution < -0.4 is 5.73 Å². The highest BCUT2D eigenvalue weighted by Gasteiger charge is 2.20. The van der Waals surface area contributed by atoms with Crippen molar-refractivity contribution in [3.63, 3.8) is 0 Å². The first kappa shape index (κ1) is 8.79. The quantitative estimate of drug-likeness (QED) is 0.605. The lowest BCUT2D eigenvalue weighted by molar-refractivity contribution is 0.351. The minimum atomic E-state index is 0.772. The van der Waals surface area contributed by atoms with Gasteiger partial charge in [-0.15, -0.1) is 0 Å². The number of allylic oxidation sites excluding steroid dienone is 2. The van der Waals surface area contributed by atoms with E-state index >= 15 is 0 Å². The maximum Gasteiger partial charge on any atom is -0.00715 e. The van der Waals surface area contributed by atoms with Crippen LogP contribution in [-0.2, 0) is 0 Å². The Balaban J connectivity index is 2.56. The summed E-state index contributed by atoms with van der Waals surface area (Å²) in [7, 11) is 0. The van der Waals surface area contributed by atoms with Gasteiger partial charge in [0.05, 0.1) is 0 Å². The third kappa shape index (κ3) is 2.06. The summed E-state index contributed by atoms with van der Waals surface area (Å²) in [6, 6.07) is 0. The summed E-state index contributed by atoms with van der Waals surface area (Å²) in [5, 5.41) is 0. The van der Waals surface area contributed by atoms with Gasteiger partial charge in [-0.2, -0.15) is 0 Å². The minimum absolute atomic E-state index is 0.772. The molecule has 1 rings (SSSR count). The van der Waals surface area contributed by atoms with Gasteiger partial charge in [0.2, 0.25) is 0 Å². The number of hydrogen-bond acceptors (Lipinski definition) is 1. The molecule has 0 saturated carbocycles. The Morgan fingerprint density at radius 2 is 2.36 bits per heavy atom. The smallest absolute Gasteiger partial charge is 0.00715 e. The fourth-order valence-electron chi connectivity index (χ4n) is 2.07. The molecule has 0 fully saturated rings. The molecule has 0 bridgehead atoms. The Kier molecular flexibility index (Phi) is 3.13. The molecule has 1 aliphatic rings. The zero-order chi connectivity index (χ0) is 8.27. The van der Waals surface area contributed by atoms with E-state index in [-0.39, 0.29) is 0 Å². The van der Waals surface area contributed by atoms with Crippen LogP contribution in [0.5, 0.6) is 0 Å². The van der Waals surface area contributed by atoms with Gasteiger partial charge < -0.3 is 5.73 Å². The van der Waals surface area contributed by atoms with Gasteiger partial charge in [-0.3, -0.25) is 0 Å². The van der Waals surface area contributed by atoms with Gasteiger partial charge in [-0.1, -0.05) is 18.6 Å². The van der Waals surface area contributed by atoms with E-state index in [2.05, 4.69) is 19.9 Å². The molecule has 0 amide bonds. The average Bonchev–Trinajstić information content (AvgIpc) is 1.97. The van der Waals surface area contributed by atoms with E-state index in [0.717, 1.165) is 18.4 Å². The topological polar surface area (TPSA) is 26.0 Å². The largest absolute Gasteiger partial charge is 0.330 e. The predicted octanol–water partition coefficient (Wildman–Crippen LogP) is 2.33. The fourth-order valence-corrected chi connectivity index (χ4v) is 2.07. The average molecular weight is 153 g/mol. The number of nitrogens with two attached hydrogens (primary N) is 1. The Bertz CT molecular complexity index is 149. The summed E-state index contributed by atoms with van der Waals surface area (Å²) >= 11 is 0. The summed E-state index contributed by atoms with van der Waals surface area (Å²) in [5.74, 6) is 1.62. The lowest BCUT2D eigenvalue weighted by Crippen LogP contribution is -2.20. The molecule has 64 valence electrons. The van der Waals surface area contributed by atoms with E-state index in [1.165, 1.54) is 19.3 Å². The van der Waals surface area contributed by atoms with E-state index in [1.54, 1.807) is 5.57 Å². The summed E-state index contributed by atoms with van der Waals surface area (Å²) in [5.41, 5.74) is 7.12. The first-order valence-corrected chi connectivity index (χ1v) is 4.62. The van der Waals surface area contributed by atoms with Crippen molar-refractivity contribution >= 4 is 0 Å². The molecule has 2 unspecified atom stereocenters. The third-order valence-electron chi connectivity index (χ3n) is 2.84. The van der Waals surface area contributed by atoms with Gasteiger partial charge in [0.25, 0.3) is 0 Å². The maximum atomic E-state index is 5.56. The predicted molar refractivity (Wildman–Crippen MR) is 49.3 cm³/mol. The molecule has 0 heterocycles. The zero-order valence-corrected chi connectivity index (χ0v) is 7.64. The molecule has 0 aromatic carbocycles. The van der Waals surface area contributed by atoms with Crippen molar-refractivity contribution in [3.05, 3.63) is 11.6 Å². The molecule has 0 aromatic heterocycles. The summed E-state index contributed by atoms with van der Waals surface area (Å²) in [6.45, 7) is 5.42. The third-order valence-corrected chi connectivity index (χ3v) is 2.84. The molecule has 1 heteroatoms. The molecular weight excluding hydrogens is 134 g/mol. The first-order chi connectivity index (χ1) is 5.25. The standard InChI is InChI=1S/C10H19N/c1-8-4-3-5-9(2)10(8)6-7-11/h4,9-10H,3,5-7,11H2,1-2H3. The monoisotopic (exact) mass is 153 g/mol. The Morgan fingerprint density at radius 1 is 1.64 bits per heavy atom. The van der Waals surface area contributed by atoms with Gasteiger partial charge in [0.1, 0.15) is 0 Å². The highest BCUT2D eigenvalue weighted by molar-refractivity contribution is 5.08. The highest BCUT2D eigenvalue weighted by atomic mass is 14.5. The lowest BCUT2D eigenvalue weighted by Gasteiger charge is -2.28. The zero-order valence-electron chi connectivity index (χ0n) is 7.64. The van der Waals surface area contributed by atoms with Crippen LogP contribution >= 0.6 is 0 Å². The second kappa shape index (κ2) is 3.91.